The van der Waals surface area contributed by atoms with E-state index in [1.165, 1.54) is 18.9 Å². The van der Waals surface area contributed by atoms with E-state index in [1.807, 2.05) is 6.92 Å². The third-order valence-electron chi connectivity index (χ3n) is 7.28. The maximum absolute atomic E-state index is 14.3. The first kappa shape index (κ1) is 21.4. The molecule has 4 rings (SSSR count). The molecule has 3 fully saturated rings. The number of carbonyl (C=O) groups is 2. The summed E-state index contributed by atoms with van der Waals surface area (Å²) in [7, 11) is 0. The molecule has 0 unspecified atom stereocenters. The topological polar surface area (TPSA) is 52.7 Å². The molecule has 3 aliphatic rings. The van der Waals surface area contributed by atoms with Gasteiger partial charge in [-0.15, -0.1) is 0 Å². The fourth-order valence-electron chi connectivity index (χ4n) is 5.15. The minimum Gasteiger partial charge on any atom is -0.337 e. The normalized spacial score (nSPS) is 23.6. The molecule has 30 heavy (non-hydrogen) atoms. The first-order chi connectivity index (χ1) is 14.4. The van der Waals surface area contributed by atoms with Crippen LogP contribution in [0, 0.1) is 24.6 Å². The van der Waals surface area contributed by atoms with Crippen LogP contribution in [-0.4, -0.2) is 60.3 Å². The first-order valence-corrected chi connectivity index (χ1v) is 11.5. The van der Waals surface area contributed by atoms with E-state index in [0.717, 1.165) is 62.3 Å². The van der Waals surface area contributed by atoms with Crippen molar-refractivity contribution in [2.75, 3.05) is 32.7 Å². The number of hydrogen-bond acceptors (Lipinski definition) is 4. The van der Waals surface area contributed by atoms with E-state index in [2.05, 4.69) is 22.0 Å². The van der Waals surface area contributed by atoms with Crippen molar-refractivity contribution < 1.29 is 14.0 Å². The molecule has 0 radical (unpaired) electrons. The maximum Gasteiger partial charge on any atom is 0.226 e. The highest BCUT2D eigenvalue weighted by Gasteiger charge is 2.33. The summed E-state index contributed by atoms with van der Waals surface area (Å²) in [4.78, 5) is 29.6. The molecule has 1 aromatic carbocycles. The fraction of sp³-hybridized carbons (Fsp3) is 0.667. The summed E-state index contributed by atoms with van der Waals surface area (Å²) < 4.78 is 14.3. The highest BCUT2D eigenvalue weighted by Crippen LogP contribution is 2.28. The molecule has 5 nitrogen and oxygen atoms in total. The highest BCUT2D eigenvalue weighted by molar-refractivity contribution is 5.84. The van der Waals surface area contributed by atoms with E-state index >= 15 is 0 Å². The van der Waals surface area contributed by atoms with Crippen molar-refractivity contribution in [3.05, 3.63) is 34.6 Å². The van der Waals surface area contributed by atoms with Gasteiger partial charge < -0.3 is 10.2 Å². The van der Waals surface area contributed by atoms with Gasteiger partial charge in [-0.25, -0.2) is 4.39 Å². The molecule has 1 aliphatic carbocycles. The van der Waals surface area contributed by atoms with E-state index in [4.69, 9.17) is 0 Å². The molecule has 2 saturated heterocycles. The van der Waals surface area contributed by atoms with Crippen molar-refractivity contribution in [2.24, 2.45) is 11.8 Å². The number of hydrogen-bond donors (Lipinski definition) is 1. The van der Waals surface area contributed by atoms with Gasteiger partial charge in [0.05, 0.1) is 0 Å². The van der Waals surface area contributed by atoms with Crippen LogP contribution in [-0.2, 0) is 22.6 Å². The monoisotopic (exact) mass is 415 g/mol. The summed E-state index contributed by atoms with van der Waals surface area (Å²) >= 11 is 0. The van der Waals surface area contributed by atoms with E-state index in [0.29, 0.717) is 18.9 Å². The standard InChI is InChI=1S/C24H34FN3O2/c1-16-14-27(7-8-28(16)24(30)18-5-3-4-6-18)15-20-10-22(25)9-19(17(20)2)11-23(29)21-12-26-13-21/h9-10,16,18,21,26H,3-8,11-15H2,1-2H3/t16-/m0/s1. The van der Waals surface area contributed by atoms with Gasteiger partial charge in [0.25, 0.3) is 0 Å². The second-order valence-electron chi connectivity index (χ2n) is 9.44. The van der Waals surface area contributed by atoms with Crippen molar-refractivity contribution in [2.45, 2.75) is 58.5 Å². The molecule has 1 atom stereocenters. The average Bonchev–Trinajstić information content (AvgIpc) is 3.18. The summed E-state index contributed by atoms with van der Waals surface area (Å²) in [5.41, 5.74) is 2.78. The quantitative estimate of drug-likeness (QED) is 0.776. The third-order valence-corrected chi connectivity index (χ3v) is 7.28. The number of nitrogens with zero attached hydrogens (tertiary/aromatic N) is 2. The van der Waals surface area contributed by atoms with Crippen LogP contribution >= 0.6 is 0 Å². The summed E-state index contributed by atoms with van der Waals surface area (Å²) in [6.45, 7) is 8.60. The molecule has 1 amide bonds. The number of carbonyl (C=O) groups excluding carboxylic acids is 2. The predicted molar refractivity (Wildman–Crippen MR) is 115 cm³/mol. The van der Waals surface area contributed by atoms with E-state index < -0.39 is 0 Å². The number of Topliss-reactive ketones (excluding diaryl/α,β-unsaturated/α-hetero) is 1. The lowest BCUT2D eigenvalue weighted by molar-refractivity contribution is -0.140. The molecule has 0 bridgehead atoms. The smallest absolute Gasteiger partial charge is 0.226 e. The third kappa shape index (κ3) is 4.59. The lowest BCUT2D eigenvalue weighted by Crippen LogP contribution is -2.54. The number of nitrogens with one attached hydrogen (secondary N) is 1. The molecule has 1 saturated carbocycles. The van der Waals surface area contributed by atoms with Crippen molar-refractivity contribution in [1.29, 1.82) is 0 Å². The Morgan fingerprint density at radius 3 is 2.43 bits per heavy atom. The largest absolute Gasteiger partial charge is 0.337 e. The number of piperazine rings is 1. The molecule has 1 N–H and O–H groups in total. The van der Waals surface area contributed by atoms with Crippen molar-refractivity contribution in [3.8, 4) is 0 Å². The van der Waals surface area contributed by atoms with Gasteiger partial charge in [-0.05, 0) is 55.5 Å². The Labute approximate surface area is 179 Å². The number of rotatable bonds is 6. The highest BCUT2D eigenvalue weighted by atomic mass is 19.1. The maximum atomic E-state index is 14.3. The van der Waals surface area contributed by atoms with Crippen LogP contribution in [0.3, 0.4) is 0 Å². The summed E-state index contributed by atoms with van der Waals surface area (Å²) in [5, 5.41) is 3.12. The summed E-state index contributed by atoms with van der Waals surface area (Å²) in [6, 6.07) is 3.30. The summed E-state index contributed by atoms with van der Waals surface area (Å²) in [5.74, 6) is 0.542. The Balaban J connectivity index is 1.39. The fourth-order valence-corrected chi connectivity index (χ4v) is 5.15. The van der Waals surface area contributed by atoms with Gasteiger partial charge in [0.15, 0.2) is 0 Å². The van der Waals surface area contributed by atoms with Gasteiger partial charge in [0, 0.05) is 63.6 Å². The van der Waals surface area contributed by atoms with Crippen molar-refractivity contribution in [3.63, 3.8) is 0 Å². The molecule has 164 valence electrons. The van der Waals surface area contributed by atoms with Crippen LogP contribution in [0.4, 0.5) is 4.39 Å². The van der Waals surface area contributed by atoms with Gasteiger partial charge >= 0.3 is 0 Å². The SMILES string of the molecule is Cc1c(CC(=O)C2CNC2)cc(F)cc1CN1CCN(C(=O)C2CCCC2)[C@@H](C)C1. The molecule has 6 heteroatoms. The second kappa shape index (κ2) is 9.15. The number of amides is 1. The Hall–Kier alpha value is -1.79. The molecule has 2 heterocycles. The number of ketones is 1. The zero-order valence-corrected chi connectivity index (χ0v) is 18.3. The Bertz CT molecular complexity index is 802. The minimum atomic E-state index is -0.270. The molecule has 0 aromatic heterocycles. The first-order valence-electron chi connectivity index (χ1n) is 11.5. The van der Waals surface area contributed by atoms with Gasteiger partial charge in [-0.2, -0.15) is 0 Å². The van der Waals surface area contributed by atoms with Crippen LogP contribution in [0.1, 0.15) is 49.3 Å². The Kier molecular flexibility index (Phi) is 6.54. The molecule has 2 aliphatic heterocycles. The summed E-state index contributed by atoms with van der Waals surface area (Å²) in [6.07, 6.45) is 4.72. The lowest BCUT2D eigenvalue weighted by Gasteiger charge is -2.41. The molecule has 0 spiro atoms. The Morgan fingerprint density at radius 1 is 1.10 bits per heavy atom. The molecular formula is C24H34FN3O2. The van der Waals surface area contributed by atoms with E-state index in [-0.39, 0.29) is 29.5 Å². The van der Waals surface area contributed by atoms with Crippen LogP contribution in [0.2, 0.25) is 0 Å². The van der Waals surface area contributed by atoms with Crippen molar-refractivity contribution in [1.82, 2.24) is 15.1 Å². The number of benzene rings is 1. The van der Waals surface area contributed by atoms with E-state index in [9.17, 15) is 14.0 Å². The zero-order valence-electron chi connectivity index (χ0n) is 18.3. The van der Waals surface area contributed by atoms with Crippen molar-refractivity contribution >= 4 is 11.7 Å². The van der Waals surface area contributed by atoms with Crippen LogP contribution in [0.15, 0.2) is 12.1 Å². The Morgan fingerprint density at radius 2 is 1.80 bits per heavy atom. The van der Waals surface area contributed by atoms with Crippen LogP contribution in [0.25, 0.3) is 0 Å². The molecule has 1 aromatic rings. The van der Waals surface area contributed by atoms with Crippen LogP contribution < -0.4 is 5.32 Å². The van der Waals surface area contributed by atoms with Gasteiger partial charge in [0.1, 0.15) is 11.6 Å². The zero-order chi connectivity index (χ0) is 21.3. The van der Waals surface area contributed by atoms with Gasteiger partial charge in [0.2, 0.25) is 5.91 Å². The second-order valence-corrected chi connectivity index (χ2v) is 9.44. The minimum absolute atomic E-state index is 0.0717. The van der Waals surface area contributed by atoms with E-state index in [1.54, 1.807) is 6.07 Å². The van der Waals surface area contributed by atoms with Crippen LogP contribution in [0.5, 0.6) is 0 Å². The molecular weight excluding hydrogens is 381 g/mol. The predicted octanol–water partition coefficient (Wildman–Crippen LogP) is 2.69. The number of halogens is 1. The average molecular weight is 416 g/mol. The van der Waals surface area contributed by atoms with Gasteiger partial charge in [-0.3, -0.25) is 14.5 Å². The van der Waals surface area contributed by atoms with Gasteiger partial charge in [-0.1, -0.05) is 12.8 Å². The lowest BCUT2D eigenvalue weighted by atomic mass is 9.90.